The molecule has 0 spiro atoms. The van der Waals surface area contributed by atoms with Gasteiger partial charge in [0.1, 0.15) is 17.2 Å². The second-order valence-corrected chi connectivity index (χ2v) is 10.8. The minimum atomic E-state index is -0.559. The van der Waals surface area contributed by atoms with Crippen LogP contribution in [-0.2, 0) is 11.3 Å². The predicted molar refractivity (Wildman–Crippen MR) is 146 cm³/mol. The molecule has 1 aromatic heterocycles. The van der Waals surface area contributed by atoms with Crippen molar-refractivity contribution in [3.8, 4) is 11.3 Å². The van der Waals surface area contributed by atoms with Gasteiger partial charge in [-0.25, -0.2) is 13.6 Å². The van der Waals surface area contributed by atoms with Crippen molar-refractivity contribution in [2.24, 2.45) is 0 Å². The summed E-state index contributed by atoms with van der Waals surface area (Å²) in [6.45, 7) is 9.55. The smallest absolute Gasteiger partial charge is 0.410 e. The van der Waals surface area contributed by atoms with Crippen LogP contribution in [0.2, 0.25) is 0 Å². The van der Waals surface area contributed by atoms with E-state index < -0.39 is 11.4 Å². The summed E-state index contributed by atoms with van der Waals surface area (Å²) in [5, 5.41) is 0. The van der Waals surface area contributed by atoms with E-state index in [1.165, 1.54) is 29.3 Å². The standard InChI is InChI=1S/C30H34F2N4O3/c1-20-18-35(13-14-36(20)29(38)39-30(2,3)4)19-23-9-11-25(16-26(23)32)34(5)28(37)22-10-12-27(33-17-22)21-7-6-8-24(31)15-21/h6-12,15-17,20H,13-14,18-19H2,1-5H3/t20-/m0/s1. The van der Waals surface area contributed by atoms with E-state index in [4.69, 9.17) is 4.74 Å². The fourth-order valence-corrected chi connectivity index (χ4v) is 4.53. The average molecular weight is 537 g/mol. The first-order chi connectivity index (χ1) is 18.4. The molecule has 0 N–H and O–H groups in total. The van der Waals surface area contributed by atoms with Crippen molar-refractivity contribution in [1.82, 2.24) is 14.8 Å². The Morgan fingerprint density at radius 3 is 2.46 bits per heavy atom. The Labute approximate surface area is 228 Å². The SMILES string of the molecule is C[C@H]1CN(Cc2ccc(N(C)C(=O)c3ccc(-c4cccc(F)c4)nc3)cc2F)CCN1C(=O)OC(C)(C)C. The number of benzene rings is 2. The van der Waals surface area contributed by atoms with Gasteiger partial charge in [0, 0.05) is 62.3 Å². The van der Waals surface area contributed by atoms with Crippen molar-refractivity contribution < 1.29 is 23.1 Å². The summed E-state index contributed by atoms with van der Waals surface area (Å²) < 4.78 is 34.1. The van der Waals surface area contributed by atoms with Gasteiger partial charge in [0.05, 0.1) is 11.3 Å². The van der Waals surface area contributed by atoms with Gasteiger partial charge in [0.15, 0.2) is 0 Å². The van der Waals surface area contributed by atoms with Crippen LogP contribution in [0.25, 0.3) is 11.3 Å². The van der Waals surface area contributed by atoms with Crippen LogP contribution < -0.4 is 4.90 Å². The minimum absolute atomic E-state index is 0.0689. The highest BCUT2D eigenvalue weighted by Gasteiger charge is 2.31. The molecule has 1 aliphatic rings. The van der Waals surface area contributed by atoms with E-state index in [9.17, 15) is 14.0 Å². The zero-order valence-electron chi connectivity index (χ0n) is 22.9. The monoisotopic (exact) mass is 536 g/mol. The van der Waals surface area contributed by atoms with Gasteiger partial charge in [0.25, 0.3) is 5.91 Å². The number of anilines is 1. The second-order valence-electron chi connectivity index (χ2n) is 10.8. The zero-order chi connectivity index (χ0) is 28.3. The number of pyridine rings is 1. The quantitative estimate of drug-likeness (QED) is 0.416. The molecule has 2 amide bonds. The first kappa shape index (κ1) is 28.2. The lowest BCUT2D eigenvalue weighted by atomic mass is 10.1. The van der Waals surface area contributed by atoms with Gasteiger partial charge in [-0.2, -0.15) is 0 Å². The first-order valence-electron chi connectivity index (χ1n) is 12.9. The average Bonchev–Trinajstić information content (AvgIpc) is 2.88. The Morgan fingerprint density at radius 1 is 1.08 bits per heavy atom. The lowest BCUT2D eigenvalue weighted by Gasteiger charge is -2.40. The number of aromatic nitrogens is 1. The lowest BCUT2D eigenvalue weighted by molar-refractivity contribution is 0.000428. The van der Waals surface area contributed by atoms with Crippen LogP contribution in [0.15, 0.2) is 60.8 Å². The van der Waals surface area contributed by atoms with Crippen molar-refractivity contribution in [3.05, 3.63) is 83.6 Å². The number of hydrogen-bond donors (Lipinski definition) is 0. The Kier molecular flexibility index (Phi) is 8.30. The number of nitrogens with zero attached hydrogens (tertiary/aromatic N) is 4. The molecule has 0 bridgehead atoms. The van der Waals surface area contributed by atoms with Gasteiger partial charge >= 0.3 is 6.09 Å². The van der Waals surface area contributed by atoms with Gasteiger partial charge in [-0.05, 0) is 64.1 Å². The first-order valence-corrected chi connectivity index (χ1v) is 12.9. The van der Waals surface area contributed by atoms with E-state index in [-0.39, 0.29) is 23.9 Å². The molecule has 2 aromatic carbocycles. The summed E-state index contributed by atoms with van der Waals surface area (Å²) in [6, 6.07) is 14.0. The van der Waals surface area contributed by atoms with Crippen molar-refractivity contribution in [1.29, 1.82) is 0 Å². The number of carbonyl (C=O) groups is 2. The number of hydrogen-bond acceptors (Lipinski definition) is 5. The van der Waals surface area contributed by atoms with Crippen LogP contribution in [0.1, 0.15) is 43.6 Å². The molecule has 0 radical (unpaired) electrons. The number of ether oxygens (including phenoxy) is 1. The van der Waals surface area contributed by atoms with Gasteiger partial charge in [-0.1, -0.05) is 18.2 Å². The highest BCUT2D eigenvalue weighted by molar-refractivity contribution is 6.05. The van der Waals surface area contributed by atoms with E-state index in [2.05, 4.69) is 9.88 Å². The molecule has 1 aliphatic heterocycles. The predicted octanol–water partition coefficient (Wildman–Crippen LogP) is 5.74. The maximum atomic E-state index is 15.1. The van der Waals surface area contributed by atoms with E-state index in [0.29, 0.717) is 54.3 Å². The molecule has 1 atom stereocenters. The van der Waals surface area contributed by atoms with Crippen LogP contribution in [0.4, 0.5) is 19.3 Å². The van der Waals surface area contributed by atoms with Gasteiger partial charge in [0.2, 0.25) is 0 Å². The van der Waals surface area contributed by atoms with E-state index in [1.807, 2.05) is 27.7 Å². The molecule has 0 saturated carbocycles. The third kappa shape index (κ3) is 6.97. The maximum absolute atomic E-state index is 15.1. The molecule has 1 saturated heterocycles. The van der Waals surface area contributed by atoms with E-state index in [0.717, 1.165) is 0 Å². The van der Waals surface area contributed by atoms with Crippen molar-refractivity contribution in [2.75, 3.05) is 31.6 Å². The van der Waals surface area contributed by atoms with Crippen LogP contribution >= 0.6 is 0 Å². The molecule has 2 heterocycles. The lowest BCUT2D eigenvalue weighted by Crippen LogP contribution is -2.54. The van der Waals surface area contributed by atoms with Crippen molar-refractivity contribution in [2.45, 2.75) is 45.9 Å². The van der Waals surface area contributed by atoms with Crippen LogP contribution in [0.5, 0.6) is 0 Å². The molecule has 3 aromatic rings. The molecule has 7 nitrogen and oxygen atoms in total. The Bertz CT molecular complexity index is 1340. The molecule has 9 heteroatoms. The molecule has 1 fully saturated rings. The van der Waals surface area contributed by atoms with Crippen LogP contribution in [0, 0.1) is 11.6 Å². The fraction of sp³-hybridized carbons (Fsp3) is 0.367. The summed E-state index contributed by atoms with van der Waals surface area (Å²) in [4.78, 5) is 35.0. The van der Waals surface area contributed by atoms with Gasteiger partial charge < -0.3 is 14.5 Å². The van der Waals surface area contributed by atoms with E-state index in [1.54, 1.807) is 48.3 Å². The number of amides is 2. The number of rotatable bonds is 5. The summed E-state index contributed by atoms with van der Waals surface area (Å²) in [7, 11) is 1.58. The number of piperazine rings is 1. The molecule has 39 heavy (non-hydrogen) atoms. The largest absolute Gasteiger partial charge is 0.444 e. The molecule has 206 valence electrons. The summed E-state index contributed by atoms with van der Waals surface area (Å²) in [5.74, 6) is -1.11. The Morgan fingerprint density at radius 2 is 1.85 bits per heavy atom. The normalized spacial score (nSPS) is 16.2. The fourth-order valence-electron chi connectivity index (χ4n) is 4.53. The second kappa shape index (κ2) is 11.5. The highest BCUT2D eigenvalue weighted by atomic mass is 19.1. The Balaban J connectivity index is 1.38. The third-order valence-corrected chi connectivity index (χ3v) is 6.59. The van der Waals surface area contributed by atoms with Crippen LogP contribution in [0.3, 0.4) is 0 Å². The highest BCUT2D eigenvalue weighted by Crippen LogP contribution is 2.24. The topological polar surface area (TPSA) is 66.0 Å². The summed E-state index contributed by atoms with van der Waals surface area (Å²) in [6.07, 6.45) is 1.10. The third-order valence-electron chi connectivity index (χ3n) is 6.59. The maximum Gasteiger partial charge on any atom is 0.410 e. The molecular formula is C30H34F2N4O3. The molecule has 4 rings (SSSR count). The molecule has 0 aliphatic carbocycles. The van der Waals surface area contributed by atoms with Gasteiger partial charge in [-0.15, -0.1) is 0 Å². The summed E-state index contributed by atoms with van der Waals surface area (Å²) >= 11 is 0. The van der Waals surface area contributed by atoms with Gasteiger partial charge in [-0.3, -0.25) is 14.7 Å². The number of halogens is 2. The summed E-state index contributed by atoms with van der Waals surface area (Å²) in [5.41, 5.74) is 1.86. The minimum Gasteiger partial charge on any atom is -0.444 e. The van der Waals surface area contributed by atoms with Crippen molar-refractivity contribution in [3.63, 3.8) is 0 Å². The number of carbonyl (C=O) groups excluding carboxylic acids is 2. The Hall–Kier alpha value is -3.85. The van der Waals surface area contributed by atoms with Crippen molar-refractivity contribution >= 4 is 17.7 Å². The molecular weight excluding hydrogens is 502 g/mol. The van der Waals surface area contributed by atoms with Crippen LogP contribution in [-0.4, -0.2) is 65.1 Å². The zero-order valence-corrected chi connectivity index (χ0v) is 22.9. The molecule has 0 unspecified atom stereocenters. The van der Waals surface area contributed by atoms with E-state index >= 15 is 4.39 Å².